The topological polar surface area (TPSA) is 119 Å². The largest absolute Gasteiger partial charge is 0.491 e. The Labute approximate surface area is 115 Å². The third-order valence-corrected chi connectivity index (χ3v) is 2.33. The third-order valence-electron chi connectivity index (χ3n) is 2.33. The highest BCUT2D eigenvalue weighted by atomic mass is 16.5. The zero-order valence-corrected chi connectivity index (χ0v) is 10.8. The molecule has 0 heterocycles. The molecule has 0 radical (unpaired) electrons. The first-order valence-electron chi connectivity index (χ1n) is 6.01. The van der Waals surface area contributed by atoms with E-state index in [-0.39, 0.29) is 25.9 Å². The highest BCUT2D eigenvalue weighted by Gasteiger charge is 2.09. The van der Waals surface area contributed by atoms with Crippen LogP contribution in [0.2, 0.25) is 0 Å². The number of rotatable bonds is 8. The molecule has 0 atom stereocenters. The molecule has 1 rings (SSSR count). The Balaban J connectivity index is 2.58. The van der Waals surface area contributed by atoms with Crippen LogP contribution in [-0.4, -0.2) is 29.5 Å². The maximum Gasteiger partial charge on any atom is 0.303 e. The molecule has 1 aromatic carbocycles. The molecule has 0 unspecified atom stereocenters. The van der Waals surface area contributed by atoms with E-state index in [0.29, 0.717) is 11.4 Å². The Morgan fingerprint density at radius 3 is 2.50 bits per heavy atom. The molecule has 2 amide bonds. The van der Waals surface area contributed by atoms with Gasteiger partial charge in [-0.05, 0) is 12.1 Å². The van der Waals surface area contributed by atoms with E-state index >= 15 is 0 Å². The second-order valence-corrected chi connectivity index (χ2v) is 4.00. The molecule has 0 saturated heterocycles. The van der Waals surface area contributed by atoms with Crippen LogP contribution in [0.15, 0.2) is 24.3 Å². The second kappa shape index (κ2) is 7.78. The standard InChI is InChI=1S/C13H16N2O5/c14-11(16)7-8-20-10-4-2-1-3-9(10)15-12(17)5-6-13(18)19/h1-4H,5-8H2,(H2,14,16)(H,15,17)(H,18,19). The van der Waals surface area contributed by atoms with Gasteiger partial charge < -0.3 is 20.9 Å². The number of carbonyl (C=O) groups excluding carboxylic acids is 2. The number of hydrogen-bond donors (Lipinski definition) is 3. The van der Waals surface area contributed by atoms with Crippen molar-refractivity contribution < 1.29 is 24.2 Å². The zero-order valence-electron chi connectivity index (χ0n) is 10.8. The lowest BCUT2D eigenvalue weighted by molar-refractivity contribution is -0.138. The molecule has 4 N–H and O–H groups in total. The molecule has 108 valence electrons. The molecule has 0 aliphatic rings. The summed E-state index contributed by atoms with van der Waals surface area (Å²) in [7, 11) is 0. The molecule has 7 heteroatoms. The van der Waals surface area contributed by atoms with E-state index in [2.05, 4.69) is 5.32 Å². The number of nitrogens with one attached hydrogen (secondary N) is 1. The van der Waals surface area contributed by atoms with Gasteiger partial charge in [-0.25, -0.2) is 0 Å². The van der Waals surface area contributed by atoms with Crippen molar-refractivity contribution in [3.63, 3.8) is 0 Å². The first kappa shape index (κ1) is 15.5. The van der Waals surface area contributed by atoms with E-state index in [1.54, 1.807) is 24.3 Å². The van der Waals surface area contributed by atoms with E-state index in [1.165, 1.54) is 0 Å². The van der Waals surface area contributed by atoms with E-state index < -0.39 is 17.8 Å². The fourth-order valence-electron chi connectivity index (χ4n) is 1.39. The number of carboxylic acids is 1. The summed E-state index contributed by atoms with van der Waals surface area (Å²) >= 11 is 0. The van der Waals surface area contributed by atoms with Crippen LogP contribution in [0.5, 0.6) is 5.75 Å². The number of nitrogens with two attached hydrogens (primary N) is 1. The van der Waals surface area contributed by atoms with E-state index in [9.17, 15) is 14.4 Å². The smallest absolute Gasteiger partial charge is 0.303 e. The normalized spacial score (nSPS) is 9.80. The van der Waals surface area contributed by atoms with Crippen LogP contribution in [0.4, 0.5) is 5.69 Å². The van der Waals surface area contributed by atoms with Gasteiger partial charge in [0.15, 0.2) is 0 Å². The van der Waals surface area contributed by atoms with Gasteiger partial charge >= 0.3 is 5.97 Å². The number of anilines is 1. The minimum absolute atomic E-state index is 0.0707. The van der Waals surface area contributed by atoms with Crippen LogP contribution in [0.3, 0.4) is 0 Å². The van der Waals surface area contributed by atoms with Gasteiger partial charge in [-0.3, -0.25) is 14.4 Å². The van der Waals surface area contributed by atoms with Gasteiger partial charge in [0.2, 0.25) is 11.8 Å². The number of para-hydroxylation sites is 2. The Morgan fingerprint density at radius 1 is 1.15 bits per heavy atom. The quantitative estimate of drug-likeness (QED) is 0.649. The van der Waals surface area contributed by atoms with Crippen LogP contribution >= 0.6 is 0 Å². The molecule has 0 aliphatic heterocycles. The summed E-state index contributed by atoms with van der Waals surface area (Å²) in [5.74, 6) is -1.53. The molecule has 0 bridgehead atoms. The lowest BCUT2D eigenvalue weighted by atomic mass is 10.2. The molecule has 0 fully saturated rings. The van der Waals surface area contributed by atoms with Crippen LogP contribution in [0.1, 0.15) is 19.3 Å². The zero-order chi connectivity index (χ0) is 15.0. The van der Waals surface area contributed by atoms with Crippen LogP contribution < -0.4 is 15.8 Å². The van der Waals surface area contributed by atoms with Gasteiger partial charge in [-0.1, -0.05) is 12.1 Å². The summed E-state index contributed by atoms with van der Waals surface area (Å²) in [6.07, 6.45) is -0.289. The monoisotopic (exact) mass is 280 g/mol. The highest BCUT2D eigenvalue weighted by Crippen LogP contribution is 2.24. The van der Waals surface area contributed by atoms with Crippen LogP contribution in [0.25, 0.3) is 0 Å². The van der Waals surface area contributed by atoms with Gasteiger partial charge in [0, 0.05) is 6.42 Å². The van der Waals surface area contributed by atoms with Gasteiger partial charge in [-0.2, -0.15) is 0 Å². The fourth-order valence-corrected chi connectivity index (χ4v) is 1.39. The van der Waals surface area contributed by atoms with Crippen molar-refractivity contribution in [2.24, 2.45) is 5.73 Å². The van der Waals surface area contributed by atoms with Gasteiger partial charge in [-0.15, -0.1) is 0 Å². The van der Waals surface area contributed by atoms with Crippen molar-refractivity contribution >= 4 is 23.5 Å². The minimum atomic E-state index is -1.04. The lowest BCUT2D eigenvalue weighted by Crippen LogP contribution is -2.16. The maximum atomic E-state index is 11.5. The van der Waals surface area contributed by atoms with Crippen molar-refractivity contribution in [3.05, 3.63) is 24.3 Å². The predicted molar refractivity (Wildman–Crippen MR) is 71.2 cm³/mol. The predicted octanol–water partition coefficient (Wildman–Crippen LogP) is 0.744. The Bertz CT molecular complexity index is 501. The summed E-state index contributed by atoms with van der Waals surface area (Å²) in [4.78, 5) is 32.5. The Morgan fingerprint density at radius 2 is 1.85 bits per heavy atom. The van der Waals surface area contributed by atoms with Crippen LogP contribution in [0, 0.1) is 0 Å². The average molecular weight is 280 g/mol. The van der Waals surface area contributed by atoms with Gasteiger partial charge in [0.25, 0.3) is 0 Å². The Kier molecular flexibility index (Phi) is 6.02. The molecule has 0 spiro atoms. The summed E-state index contributed by atoms with van der Waals surface area (Å²) in [6, 6.07) is 6.67. The third kappa shape index (κ3) is 5.85. The number of ether oxygens (including phenoxy) is 1. The number of amides is 2. The summed E-state index contributed by atoms with van der Waals surface area (Å²) in [5, 5.41) is 11.1. The molecule has 7 nitrogen and oxygen atoms in total. The van der Waals surface area contributed by atoms with Crippen molar-refractivity contribution in [1.29, 1.82) is 0 Å². The second-order valence-electron chi connectivity index (χ2n) is 4.00. The van der Waals surface area contributed by atoms with Crippen molar-refractivity contribution in [2.75, 3.05) is 11.9 Å². The average Bonchev–Trinajstić information content (AvgIpc) is 2.38. The maximum absolute atomic E-state index is 11.5. The first-order chi connectivity index (χ1) is 9.49. The minimum Gasteiger partial charge on any atom is -0.491 e. The van der Waals surface area contributed by atoms with Crippen molar-refractivity contribution in [3.8, 4) is 5.75 Å². The Hall–Kier alpha value is -2.57. The van der Waals surface area contributed by atoms with E-state index in [0.717, 1.165) is 0 Å². The number of aliphatic carboxylic acids is 1. The van der Waals surface area contributed by atoms with E-state index in [1.807, 2.05) is 0 Å². The van der Waals surface area contributed by atoms with Crippen molar-refractivity contribution in [2.45, 2.75) is 19.3 Å². The number of benzene rings is 1. The molecule has 1 aromatic rings. The highest BCUT2D eigenvalue weighted by molar-refractivity contribution is 5.93. The first-order valence-corrected chi connectivity index (χ1v) is 6.01. The number of carbonyl (C=O) groups is 3. The SMILES string of the molecule is NC(=O)CCOc1ccccc1NC(=O)CCC(=O)O. The lowest BCUT2D eigenvalue weighted by Gasteiger charge is -2.11. The van der Waals surface area contributed by atoms with Crippen LogP contribution in [-0.2, 0) is 14.4 Å². The molecular formula is C13H16N2O5. The summed E-state index contributed by atoms with van der Waals surface area (Å²) < 4.78 is 5.34. The molecule has 0 aliphatic carbocycles. The van der Waals surface area contributed by atoms with Crippen molar-refractivity contribution in [1.82, 2.24) is 0 Å². The number of carboxylic acid groups (broad SMARTS) is 1. The number of hydrogen-bond acceptors (Lipinski definition) is 4. The van der Waals surface area contributed by atoms with Gasteiger partial charge in [0.05, 0.1) is 25.1 Å². The number of primary amides is 1. The summed E-state index contributed by atoms with van der Waals surface area (Å²) in [5.41, 5.74) is 5.42. The van der Waals surface area contributed by atoms with E-state index in [4.69, 9.17) is 15.6 Å². The fraction of sp³-hybridized carbons (Fsp3) is 0.308. The molecule has 0 saturated carbocycles. The van der Waals surface area contributed by atoms with Gasteiger partial charge in [0.1, 0.15) is 5.75 Å². The molecule has 20 heavy (non-hydrogen) atoms. The summed E-state index contributed by atoms with van der Waals surface area (Å²) in [6.45, 7) is 0.108. The molecular weight excluding hydrogens is 264 g/mol. The molecule has 0 aromatic heterocycles.